The second kappa shape index (κ2) is 9.82. The summed E-state index contributed by atoms with van der Waals surface area (Å²) in [5, 5.41) is 3.77. The van der Waals surface area contributed by atoms with E-state index < -0.39 is 19.1 Å². The van der Waals surface area contributed by atoms with Crippen LogP contribution in [-0.2, 0) is 11.2 Å². The number of fused-ring (bicyclic) bond motifs is 1. The summed E-state index contributed by atoms with van der Waals surface area (Å²) in [7, 11) is 0. The maximum atomic E-state index is 12.6. The van der Waals surface area contributed by atoms with Gasteiger partial charge in [-0.15, -0.1) is 0 Å². The highest BCUT2D eigenvalue weighted by Gasteiger charge is 2.12. The highest BCUT2D eigenvalue weighted by molar-refractivity contribution is 5.92. The predicted molar refractivity (Wildman–Crippen MR) is 104 cm³/mol. The van der Waals surface area contributed by atoms with E-state index in [-0.39, 0.29) is 17.1 Å². The fourth-order valence-electron chi connectivity index (χ4n) is 2.91. The van der Waals surface area contributed by atoms with Crippen LogP contribution >= 0.6 is 0 Å². The second-order valence-electron chi connectivity index (χ2n) is 6.19. The van der Waals surface area contributed by atoms with Crippen LogP contribution in [0.25, 0.3) is 17.0 Å². The number of alkyl halides is 4. The van der Waals surface area contributed by atoms with Crippen LogP contribution in [0.2, 0.25) is 0 Å². The van der Waals surface area contributed by atoms with Crippen molar-refractivity contribution in [3.63, 3.8) is 0 Å². The molecule has 1 heterocycles. The first-order chi connectivity index (χ1) is 14.4. The molecule has 0 fully saturated rings. The van der Waals surface area contributed by atoms with Crippen LogP contribution in [0.3, 0.4) is 0 Å². The molecule has 1 amide bonds. The van der Waals surface area contributed by atoms with Crippen molar-refractivity contribution < 1.29 is 31.8 Å². The summed E-state index contributed by atoms with van der Waals surface area (Å²) in [6.45, 7) is -5.90. The average Bonchev–Trinajstić information content (AvgIpc) is 3.10. The normalized spacial score (nSPS) is 11.5. The SMILES string of the molecule is O=C(/C=C/c1ccc(OC(F)F)cc1OC(F)F)NCCc1c[nH]c2ccccc12. The Hall–Kier alpha value is -3.49. The van der Waals surface area contributed by atoms with E-state index in [4.69, 9.17) is 0 Å². The molecule has 30 heavy (non-hydrogen) atoms. The van der Waals surface area contributed by atoms with E-state index in [2.05, 4.69) is 19.8 Å². The molecule has 0 aliphatic rings. The summed E-state index contributed by atoms with van der Waals surface area (Å²) in [4.78, 5) is 15.2. The smallest absolute Gasteiger partial charge is 0.387 e. The molecular formula is C21H18F4N2O3. The number of hydrogen-bond acceptors (Lipinski definition) is 3. The van der Waals surface area contributed by atoms with E-state index in [1.165, 1.54) is 18.2 Å². The number of benzene rings is 2. The number of aromatic amines is 1. The number of carbonyl (C=O) groups is 1. The van der Waals surface area contributed by atoms with E-state index in [0.717, 1.165) is 28.6 Å². The maximum absolute atomic E-state index is 12.6. The Morgan fingerprint density at radius 2 is 1.83 bits per heavy atom. The van der Waals surface area contributed by atoms with Crippen molar-refractivity contribution >= 4 is 22.9 Å². The van der Waals surface area contributed by atoms with Crippen molar-refractivity contribution in [2.75, 3.05) is 6.54 Å². The van der Waals surface area contributed by atoms with Gasteiger partial charge in [0.2, 0.25) is 5.91 Å². The lowest BCUT2D eigenvalue weighted by atomic mass is 10.1. The summed E-state index contributed by atoms with van der Waals surface area (Å²) < 4.78 is 58.3. The van der Waals surface area contributed by atoms with Crippen molar-refractivity contribution in [2.45, 2.75) is 19.6 Å². The minimum atomic E-state index is -3.16. The van der Waals surface area contributed by atoms with Crippen LogP contribution in [0.15, 0.2) is 54.7 Å². The van der Waals surface area contributed by atoms with Crippen molar-refractivity contribution in [3.8, 4) is 11.5 Å². The molecule has 0 spiro atoms. The predicted octanol–water partition coefficient (Wildman–Crippen LogP) is 4.74. The summed E-state index contributed by atoms with van der Waals surface area (Å²) in [6.07, 6.45) is 4.88. The summed E-state index contributed by atoms with van der Waals surface area (Å²) in [6, 6.07) is 11.1. The lowest BCUT2D eigenvalue weighted by Gasteiger charge is -2.11. The van der Waals surface area contributed by atoms with Crippen LogP contribution in [0, 0.1) is 0 Å². The van der Waals surface area contributed by atoms with Gasteiger partial charge in [-0.1, -0.05) is 18.2 Å². The highest BCUT2D eigenvalue weighted by atomic mass is 19.3. The van der Waals surface area contributed by atoms with E-state index in [1.807, 2.05) is 30.5 Å². The minimum Gasteiger partial charge on any atom is -0.435 e. The zero-order valence-electron chi connectivity index (χ0n) is 15.6. The first kappa shape index (κ1) is 21.2. The van der Waals surface area contributed by atoms with E-state index in [9.17, 15) is 22.4 Å². The van der Waals surface area contributed by atoms with E-state index >= 15 is 0 Å². The molecule has 1 aromatic heterocycles. The number of halogens is 4. The zero-order valence-corrected chi connectivity index (χ0v) is 15.6. The maximum Gasteiger partial charge on any atom is 0.387 e. The third kappa shape index (κ3) is 5.76. The molecule has 9 heteroatoms. The number of para-hydroxylation sites is 1. The third-order valence-corrected chi connectivity index (χ3v) is 4.21. The van der Waals surface area contributed by atoms with E-state index in [0.29, 0.717) is 13.0 Å². The number of hydrogen-bond donors (Lipinski definition) is 2. The van der Waals surface area contributed by atoms with Crippen LogP contribution < -0.4 is 14.8 Å². The molecular weight excluding hydrogens is 404 g/mol. The number of ether oxygens (including phenoxy) is 2. The van der Waals surface area contributed by atoms with Crippen LogP contribution in [0.4, 0.5) is 17.6 Å². The largest absolute Gasteiger partial charge is 0.435 e. The molecule has 0 unspecified atom stereocenters. The first-order valence-corrected chi connectivity index (χ1v) is 8.97. The summed E-state index contributed by atoms with van der Waals surface area (Å²) in [5.41, 5.74) is 2.17. The van der Waals surface area contributed by atoms with Crippen molar-refractivity contribution in [3.05, 3.63) is 65.9 Å². The Morgan fingerprint density at radius 1 is 1.07 bits per heavy atom. The van der Waals surface area contributed by atoms with Gasteiger partial charge in [-0.2, -0.15) is 17.6 Å². The molecule has 0 aliphatic heterocycles. The third-order valence-electron chi connectivity index (χ3n) is 4.21. The average molecular weight is 422 g/mol. The van der Waals surface area contributed by atoms with Crippen molar-refractivity contribution in [1.82, 2.24) is 10.3 Å². The molecule has 3 rings (SSSR count). The fourth-order valence-corrected chi connectivity index (χ4v) is 2.91. The molecule has 3 aromatic rings. The van der Waals surface area contributed by atoms with Gasteiger partial charge in [0.05, 0.1) is 0 Å². The monoisotopic (exact) mass is 422 g/mol. The number of aromatic nitrogens is 1. The molecule has 2 aromatic carbocycles. The van der Waals surface area contributed by atoms with Gasteiger partial charge in [-0.05, 0) is 36.3 Å². The van der Waals surface area contributed by atoms with Gasteiger partial charge < -0.3 is 19.8 Å². The highest BCUT2D eigenvalue weighted by Crippen LogP contribution is 2.28. The topological polar surface area (TPSA) is 63.4 Å². The molecule has 2 N–H and O–H groups in total. The Balaban J connectivity index is 1.60. The van der Waals surface area contributed by atoms with Gasteiger partial charge >= 0.3 is 13.2 Å². The van der Waals surface area contributed by atoms with Crippen LogP contribution in [-0.4, -0.2) is 30.7 Å². The van der Waals surface area contributed by atoms with Gasteiger partial charge in [0.25, 0.3) is 0 Å². The Labute approximate surface area is 169 Å². The lowest BCUT2D eigenvalue weighted by Crippen LogP contribution is -2.23. The Morgan fingerprint density at radius 3 is 2.60 bits per heavy atom. The summed E-state index contributed by atoms with van der Waals surface area (Å²) in [5.74, 6) is -1.15. The quantitative estimate of drug-likeness (QED) is 0.387. The van der Waals surface area contributed by atoms with Gasteiger partial charge in [0.15, 0.2) is 0 Å². The number of rotatable bonds is 9. The standard InChI is InChI=1S/C21H18F4N2O3/c22-20(23)29-15-7-5-13(18(11-15)30-21(24)25)6-8-19(28)26-10-9-14-12-27-17-4-2-1-3-16(14)17/h1-8,11-12,20-21,27H,9-10H2,(H,26,28)/b8-6+. The molecule has 0 radical (unpaired) electrons. The first-order valence-electron chi connectivity index (χ1n) is 8.97. The Kier molecular flexibility index (Phi) is 6.95. The van der Waals surface area contributed by atoms with Gasteiger partial charge in [-0.25, -0.2) is 0 Å². The van der Waals surface area contributed by atoms with Gasteiger partial charge in [0.1, 0.15) is 11.5 Å². The second-order valence-corrected chi connectivity index (χ2v) is 6.19. The summed E-state index contributed by atoms with van der Waals surface area (Å²) >= 11 is 0. The molecule has 0 saturated heterocycles. The molecule has 158 valence electrons. The molecule has 0 bridgehead atoms. The number of H-pyrrole nitrogens is 1. The van der Waals surface area contributed by atoms with E-state index in [1.54, 1.807) is 0 Å². The number of carbonyl (C=O) groups excluding carboxylic acids is 1. The molecule has 5 nitrogen and oxygen atoms in total. The number of nitrogens with one attached hydrogen (secondary N) is 2. The zero-order chi connectivity index (χ0) is 21.5. The van der Waals surface area contributed by atoms with Crippen LogP contribution in [0.1, 0.15) is 11.1 Å². The fraction of sp³-hybridized carbons (Fsp3) is 0.190. The van der Waals surface area contributed by atoms with Gasteiger partial charge in [0, 0.05) is 41.4 Å². The van der Waals surface area contributed by atoms with Crippen molar-refractivity contribution in [1.29, 1.82) is 0 Å². The van der Waals surface area contributed by atoms with Crippen LogP contribution in [0.5, 0.6) is 11.5 Å². The molecule has 0 atom stereocenters. The molecule has 0 aliphatic carbocycles. The number of amides is 1. The Bertz CT molecular complexity index is 1030. The van der Waals surface area contributed by atoms with Crippen molar-refractivity contribution in [2.24, 2.45) is 0 Å². The molecule has 0 saturated carbocycles. The minimum absolute atomic E-state index is 0.115. The lowest BCUT2D eigenvalue weighted by molar-refractivity contribution is -0.116. The van der Waals surface area contributed by atoms with Gasteiger partial charge in [-0.3, -0.25) is 4.79 Å².